The van der Waals surface area contributed by atoms with Gasteiger partial charge in [-0.05, 0) is 30.7 Å². The molecule has 70 valence electrons. The lowest BCUT2D eigenvalue weighted by atomic mass is 10.2. The summed E-state index contributed by atoms with van der Waals surface area (Å²) in [5.41, 5.74) is 1.30. The Morgan fingerprint density at radius 1 is 1.46 bits per heavy atom. The largest absolute Gasteiger partial charge is 0.312 e. The predicted molar refractivity (Wildman–Crippen MR) is 60.7 cm³/mol. The zero-order valence-electron chi connectivity index (χ0n) is 7.59. The molecule has 1 aromatic rings. The summed E-state index contributed by atoms with van der Waals surface area (Å²) in [6.45, 7) is 5.59. The van der Waals surface area contributed by atoms with Gasteiger partial charge < -0.3 is 5.32 Å². The molecule has 0 spiro atoms. The first kappa shape index (κ1) is 10.5. The highest BCUT2D eigenvalue weighted by atomic mass is 79.9. The Morgan fingerprint density at radius 3 is 3.00 bits per heavy atom. The van der Waals surface area contributed by atoms with Crippen molar-refractivity contribution >= 4 is 15.9 Å². The van der Waals surface area contributed by atoms with E-state index in [1.165, 1.54) is 5.56 Å². The third-order valence-corrected chi connectivity index (χ3v) is 2.24. The quantitative estimate of drug-likeness (QED) is 0.616. The summed E-state index contributed by atoms with van der Waals surface area (Å²) in [4.78, 5) is 0. The van der Waals surface area contributed by atoms with Crippen LogP contribution in [0.3, 0.4) is 0 Å². The summed E-state index contributed by atoms with van der Waals surface area (Å²) in [7, 11) is 0. The molecule has 2 heteroatoms. The second-order valence-electron chi connectivity index (χ2n) is 2.88. The number of hydrogen-bond donors (Lipinski definition) is 1. The zero-order valence-corrected chi connectivity index (χ0v) is 9.18. The van der Waals surface area contributed by atoms with Gasteiger partial charge in [0.25, 0.3) is 0 Å². The van der Waals surface area contributed by atoms with Gasteiger partial charge in [-0.15, -0.1) is 6.58 Å². The van der Waals surface area contributed by atoms with E-state index in [9.17, 15) is 0 Å². The van der Waals surface area contributed by atoms with Crippen LogP contribution in [0.15, 0.2) is 41.4 Å². The van der Waals surface area contributed by atoms with Crippen LogP contribution in [-0.2, 0) is 6.54 Å². The Bertz CT molecular complexity index is 271. The van der Waals surface area contributed by atoms with E-state index < -0.39 is 0 Å². The SMILES string of the molecule is C=CCCNCc1cccc(Br)c1. The summed E-state index contributed by atoms with van der Waals surface area (Å²) >= 11 is 3.44. The van der Waals surface area contributed by atoms with E-state index in [1.807, 2.05) is 12.1 Å². The molecular formula is C11H14BrN. The number of halogens is 1. The van der Waals surface area contributed by atoms with Crippen molar-refractivity contribution in [3.63, 3.8) is 0 Å². The topological polar surface area (TPSA) is 12.0 Å². The first-order valence-electron chi connectivity index (χ1n) is 4.39. The lowest BCUT2D eigenvalue weighted by molar-refractivity contribution is 0.695. The number of benzene rings is 1. The Balaban J connectivity index is 2.32. The van der Waals surface area contributed by atoms with Crippen LogP contribution in [0.2, 0.25) is 0 Å². The molecule has 1 rings (SSSR count). The van der Waals surface area contributed by atoms with E-state index in [1.54, 1.807) is 0 Å². The maximum atomic E-state index is 3.67. The van der Waals surface area contributed by atoms with E-state index in [0.29, 0.717) is 0 Å². The average molecular weight is 240 g/mol. The molecule has 0 aliphatic heterocycles. The van der Waals surface area contributed by atoms with Gasteiger partial charge in [0, 0.05) is 11.0 Å². The van der Waals surface area contributed by atoms with Gasteiger partial charge in [0.2, 0.25) is 0 Å². The van der Waals surface area contributed by atoms with Gasteiger partial charge in [0.15, 0.2) is 0 Å². The molecule has 1 aromatic carbocycles. The molecule has 0 aliphatic carbocycles. The fourth-order valence-corrected chi connectivity index (χ4v) is 1.53. The summed E-state index contributed by atoms with van der Waals surface area (Å²) in [6.07, 6.45) is 2.95. The van der Waals surface area contributed by atoms with Gasteiger partial charge in [-0.25, -0.2) is 0 Å². The number of hydrogen-bond acceptors (Lipinski definition) is 1. The smallest absolute Gasteiger partial charge is 0.0206 e. The van der Waals surface area contributed by atoms with Crippen molar-refractivity contribution in [1.29, 1.82) is 0 Å². The molecule has 0 amide bonds. The first-order valence-corrected chi connectivity index (χ1v) is 5.18. The van der Waals surface area contributed by atoms with Crippen molar-refractivity contribution in [2.24, 2.45) is 0 Å². The molecule has 0 unspecified atom stereocenters. The van der Waals surface area contributed by atoms with Gasteiger partial charge in [-0.2, -0.15) is 0 Å². The predicted octanol–water partition coefficient (Wildman–Crippen LogP) is 3.11. The maximum Gasteiger partial charge on any atom is 0.0206 e. The highest BCUT2D eigenvalue weighted by molar-refractivity contribution is 9.10. The Morgan fingerprint density at radius 2 is 2.31 bits per heavy atom. The van der Waals surface area contributed by atoms with Crippen molar-refractivity contribution in [2.75, 3.05) is 6.54 Å². The average Bonchev–Trinajstić information content (AvgIpc) is 2.13. The fourth-order valence-electron chi connectivity index (χ4n) is 1.08. The minimum Gasteiger partial charge on any atom is -0.312 e. The van der Waals surface area contributed by atoms with Gasteiger partial charge in [0.1, 0.15) is 0 Å². The Labute approximate surface area is 88.0 Å². The second kappa shape index (κ2) is 5.95. The Kier molecular flexibility index (Phi) is 4.79. The second-order valence-corrected chi connectivity index (χ2v) is 3.80. The molecule has 0 saturated heterocycles. The molecule has 1 nitrogen and oxygen atoms in total. The van der Waals surface area contributed by atoms with Crippen molar-refractivity contribution in [3.05, 3.63) is 47.0 Å². The van der Waals surface area contributed by atoms with Crippen molar-refractivity contribution in [1.82, 2.24) is 5.32 Å². The third kappa shape index (κ3) is 4.25. The minimum absolute atomic E-state index is 0.924. The van der Waals surface area contributed by atoms with Crippen molar-refractivity contribution < 1.29 is 0 Å². The molecular weight excluding hydrogens is 226 g/mol. The van der Waals surface area contributed by atoms with Crippen molar-refractivity contribution in [3.8, 4) is 0 Å². The molecule has 13 heavy (non-hydrogen) atoms. The Hall–Kier alpha value is -0.600. The summed E-state index contributed by atoms with van der Waals surface area (Å²) < 4.78 is 1.13. The van der Waals surface area contributed by atoms with E-state index in [0.717, 1.165) is 24.0 Å². The molecule has 0 aliphatic rings. The van der Waals surface area contributed by atoms with E-state index >= 15 is 0 Å². The molecule has 0 aromatic heterocycles. The lowest BCUT2D eigenvalue weighted by Crippen LogP contribution is -2.13. The molecule has 0 atom stereocenters. The third-order valence-electron chi connectivity index (χ3n) is 1.74. The standard InChI is InChI=1S/C11H14BrN/c1-2-3-7-13-9-10-5-4-6-11(12)8-10/h2,4-6,8,13H,1,3,7,9H2. The minimum atomic E-state index is 0.924. The van der Waals surface area contributed by atoms with Crippen molar-refractivity contribution in [2.45, 2.75) is 13.0 Å². The van der Waals surface area contributed by atoms with Crippen LogP contribution in [0.1, 0.15) is 12.0 Å². The highest BCUT2D eigenvalue weighted by Gasteiger charge is 1.92. The van der Waals surface area contributed by atoms with Gasteiger partial charge in [-0.3, -0.25) is 0 Å². The van der Waals surface area contributed by atoms with E-state index in [4.69, 9.17) is 0 Å². The summed E-state index contributed by atoms with van der Waals surface area (Å²) in [5, 5.41) is 3.34. The zero-order chi connectivity index (χ0) is 9.52. The van der Waals surface area contributed by atoms with Crippen LogP contribution in [0, 0.1) is 0 Å². The summed E-state index contributed by atoms with van der Waals surface area (Å²) in [5.74, 6) is 0. The van der Waals surface area contributed by atoms with Gasteiger partial charge >= 0.3 is 0 Å². The molecule has 0 radical (unpaired) electrons. The molecule has 0 heterocycles. The van der Waals surface area contributed by atoms with Crippen LogP contribution < -0.4 is 5.32 Å². The number of rotatable bonds is 5. The van der Waals surface area contributed by atoms with Gasteiger partial charge in [-0.1, -0.05) is 34.1 Å². The molecule has 1 N–H and O–H groups in total. The van der Waals surface area contributed by atoms with Crippen LogP contribution >= 0.6 is 15.9 Å². The monoisotopic (exact) mass is 239 g/mol. The van der Waals surface area contributed by atoms with Crippen LogP contribution in [-0.4, -0.2) is 6.54 Å². The lowest BCUT2D eigenvalue weighted by Gasteiger charge is -2.03. The van der Waals surface area contributed by atoms with Crippen LogP contribution in [0.4, 0.5) is 0 Å². The maximum absolute atomic E-state index is 3.67. The normalized spacial score (nSPS) is 9.92. The number of nitrogens with one attached hydrogen (secondary N) is 1. The van der Waals surface area contributed by atoms with Crippen LogP contribution in [0.5, 0.6) is 0 Å². The summed E-state index contributed by atoms with van der Waals surface area (Å²) in [6, 6.07) is 8.33. The van der Waals surface area contributed by atoms with E-state index in [-0.39, 0.29) is 0 Å². The van der Waals surface area contributed by atoms with E-state index in [2.05, 4.69) is 46.0 Å². The molecule has 0 fully saturated rings. The fraction of sp³-hybridized carbons (Fsp3) is 0.273. The highest BCUT2D eigenvalue weighted by Crippen LogP contribution is 2.11. The van der Waals surface area contributed by atoms with Gasteiger partial charge in [0.05, 0.1) is 0 Å². The molecule has 0 bridgehead atoms. The first-order chi connectivity index (χ1) is 6.33. The molecule has 0 saturated carbocycles. The van der Waals surface area contributed by atoms with Crippen LogP contribution in [0.25, 0.3) is 0 Å².